The topological polar surface area (TPSA) is 26.3 Å². The lowest BCUT2D eigenvalue weighted by Crippen LogP contribution is -2.33. The first-order valence-corrected chi connectivity index (χ1v) is 7.29. The molecule has 15 heavy (non-hydrogen) atoms. The molecule has 0 radical (unpaired) electrons. The second-order valence-electron chi connectivity index (χ2n) is 4.39. The highest BCUT2D eigenvalue weighted by Gasteiger charge is 2.32. The lowest BCUT2D eigenvalue weighted by Gasteiger charge is -2.36. The predicted molar refractivity (Wildman–Crippen MR) is 65.2 cm³/mol. The van der Waals surface area contributed by atoms with Gasteiger partial charge in [0.2, 0.25) is 0 Å². The van der Waals surface area contributed by atoms with Gasteiger partial charge in [0.25, 0.3) is 0 Å². The van der Waals surface area contributed by atoms with Crippen molar-refractivity contribution in [3.05, 3.63) is 12.8 Å². The van der Waals surface area contributed by atoms with Gasteiger partial charge in [0.05, 0.1) is 12.9 Å². The fourth-order valence-electron chi connectivity index (χ4n) is 2.36. The highest BCUT2D eigenvalue weighted by Crippen LogP contribution is 2.37. The minimum Gasteiger partial charge on any atom is -0.502 e. The third-order valence-electron chi connectivity index (χ3n) is 3.38. The quantitative estimate of drug-likeness (QED) is 0.518. The Morgan fingerprint density at radius 3 is 3.00 bits per heavy atom. The molecule has 3 heteroatoms. The van der Waals surface area contributed by atoms with Crippen molar-refractivity contribution in [3.63, 3.8) is 0 Å². The van der Waals surface area contributed by atoms with E-state index in [-0.39, 0.29) is 0 Å². The molecule has 0 amide bonds. The molecule has 1 heterocycles. The minimum atomic E-state index is -0.578. The van der Waals surface area contributed by atoms with Gasteiger partial charge in [0.1, 0.15) is 0 Å². The maximum Gasteiger partial charge on any atom is 0.0873 e. The van der Waals surface area contributed by atoms with Crippen molar-refractivity contribution in [1.29, 1.82) is 0 Å². The Labute approximate surface area is 95.5 Å². The van der Waals surface area contributed by atoms with Crippen LogP contribution < -0.4 is 0 Å². The van der Waals surface area contributed by atoms with E-state index >= 15 is 0 Å². The summed E-state index contributed by atoms with van der Waals surface area (Å²) in [6.07, 6.45) is 7.21. The van der Waals surface area contributed by atoms with Gasteiger partial charge in [0, 0.05) is 22.3 Å². The van der Waals surface area contributed by atoms with E-state index in [0.29, 0.717) is 5.41 Å². The van der Waals surface area contributed by atoms with Crippen molar-refractivity contribution < 1.29 is 8.95 Å². The molecule has 1 saturated heterocycles. The molecule has 2 nitrogen and oxygen atoms in total. The maximum atomic E-state index is 11.6. The smallest absolute Gasteiger partial charge is 0.0873 e. The predicted octanol–water partition coefficient (Wildman–Crippen LogP) is 2.87. The molecule has 1 aliphatic rings. The Balaban J connectivity index is 2.37. The second kappa shape index (κ2) is 6.31. The van der Waals surface area contributed by atoms with Crippen molar-refractivity contribution in [3.8, 4) is 0 Å². The van der Waals surface area contributed by atoms with Gasteiger partial charge < -0.3 is 4.74 Å². The normalized spacial score (nSPS) is 31.1. The average Bonchev–Trinajstić information content (AvgIpc) is 2.25. The van der Waals surface area contributed by atoms with Crippen LogP contribution in [0.4, 0.5) is 0 Å². The summed E-state index contributed by atoms with van der Waals surface area (Å²) in [5.41, 5.74) is 0.327. The van der Waals surface area contributed by atoms with Crippen molar-refractivity contribution in [1.82, 2.24) is 0 Å². The van der Waals surface area contributed by atoms with E-state index < -0.39 is 10.8 Å². The fraction of sp³-hybridized carbons (Fsp3) is 0.833. The van der Waals surface area contributed by atoms with Crippen LogP contribution in [0.15, 0.2) is 12.8 Å². The van der Waals surface area contributed by atoms with Gasteiger partial charge in [0.15, 0.2) is 0 Å². The molecular formula is C12H22O2S. The molecule has 0 saturated carbocycles. The van der Waals surface area contributed by atoms with Crippen LogP contribution in [-0.4, -0.2) is 22.3 Å². The van der Waals surface area contributed by atoms with E-state index in [0.717, 1.165) is 43.8 Å². The molecule has 0 spiro atoms. The summed E-state index contributed by atoms with van der Waals surface area (Å²) < 4.78 is 16.7. The molecule has 0 aromatic heterocycles. The summed E-state index contributed by atoms with van der Waals surface area (Å²) in [6.45, 7) is 6.49. The number of ether oxygens (including phenoxy) is 1. The average molecular weight is 230 g/mol. The van der Waals surface area contributed by atoms with E-state index in [9.17, 15) is 4.21 Å². The first-order chi connectivity index (χ1) is 7.22. The van der Waals surface area contributed by atoms with Gasteiger partial charge in [-0.2, -0.15) is 0 Å². The van der Waals surface area contributed by atoms with Gasteiger partial charge in [-0.05, 0) is 37.5 Å². The van der Waals surface area contributed by atoms with Gasteiger partial charge >= 0.3 is 0 Å². The summed E-state index contributed by atoms with van der Waals surface area (Å²) in [7, 11) is -0.578. The molecule has 0 aliphatic carbocycles. The molecule has 0 N–H and O–H groups in total. The fourth-order valence-corrected chi connectivity index (χ4v) is 4.15. The summed E-state index contributed by atoms with van der Waals surface area (Å²) in [4.78, 5) is 0. The minimum absolute atomic E-state index is 0.327. The Hall–Kier alpha value is -0.310. The van der Waals surface area contributed by atoms with E-state index in [1.54, 1.807) is 0 Å². The van der Waals surface area contributed by atoms with Gasteiger partial charge in [-0.1, -0.05) is 13.5 Å². The number of hydrogen-bond donors (Lipinski definition) is 0. The molecule has 0 aromatic rings. The van der Waals surface area contributed by atoms with Crippen molar-refractivity contribution >= 4 is 10.8 Å². The van der Waals surface area contributed by atoms with E-state index in [1.807, 2.05) is 0 Å². The van der Waals surface area contributed by atoms with E-state index in [4.69, 9.17) is 4.74 Å². The second-order valence-corrected chi connectivity index (χ2v) is 5.96. The van der Waals surface area contributed by atoms with Gasteiger partial charge in [-0.25, -0.2) is 0 Å². The van der Waals surface area contributed by atoms with Crippen LogP contribution in [0.2, 0.25) is 0 Å². The van der Waals surface area contributed by atoms with Crippen LogP contribution >= 0.6 is 0 Å². The molecule has 88 valence electrons. The Bertz CT molecular complexity index is 228. The molecule has 2 unspecified atom stereocenters. The van der Waals surface area contributed by atoms with E-state index in [2.05, 4.69) is 13.5 Å². The largest absolute Gasteiger partial charge is 0.502 e. The summed E-state index contributed by atoms with van der Waals surface area (Å²) >= 11 is 0. The van der Waals surface area contributed by atoms with E-state index in [1.165, 1.54) is 12.7 Å². The number of hydrogen-bond acceptors (Lipinski definition) is 2. The zero-order valence-corrected chi connectivity index (χ0v) is 10.5. The van der Waals surface area contributed by atoms with Crippen molar-refractivity contribution in [2.45, 2.75) is 39.0 Å². The summed E-state index contributed by atoms with van der Waals surface area (Å²) in [5.74, 6) is 1.81. The summed E-state index contributed by atoms with van der Waals surface area (Å²) in [5, 5.41) is 0. The monoisotopic (exact) mass is 230 g/mol. The zero-order chi connectivity index (χ0) is 11.1. The zero-order valence-electron chi connectivity index (χ0n) is 9.67. The Morgan fingerprint density at radius 2 is 2.40 bits per heavy atom. The lowest BCUT2D eigenvalue weighted by molar-refractivity contribution is 0.193. The Morgan fingerprint density at radius 1 is 1.60 bits per heavy atom. The molecular weight excluding hydrogens is 208 g/mol. The van der Waals surface area contributed by atoms with Gasteiger partial charge in [-0.15, -0.1) is 0 Å². The molecule has 1 fully saturated rings. The molecule has 1 aliphatic heterocycles. The van der Waals surface area contributed by atoms with Crippen LogP contribution in [0.5, 0.6) is 0 Å². The molecule has 0 aromatic carbocycles. The van der Waals surface area contributed by atoms with Crippen molar-refractivity contribution in [2.75, 3.05) is 18.1 Å². The van der Waals surface area contributed by atoms with Crippen molar-refractivity contribution in [2.24, 2.45) is 5.41 Å². The Kier molecular flexibility index (Phi) is 5.37. The number of rotatable bonds is 6. The van der Waals surface area contributed by atoms with Crippen LogP contribution in [0.25, 0.3) is 0 Å². The van der Waals surface area contributed by atoms with Crippen LogP contribution in [0.3, 0.4) is 0 Å². The standard InChI is InChI=1S/C12H22O2S/c1-3-12(7-5-9-14-4-2)8-6-10-15(13)11-12/h4H,2-3,5-11H2,1H3. The lowest BCUT2D eigenvalue weighted by atomic mass is 9.78. The van der Waals surface area contributed by atoms with Gasteiger partial charge in [-0.3, -0.25) is 4.21 Å². The molecule has 0 bridgehead atoms. The summed E-state index contributed by atoms with van der Waals surface area (Å²) in [6, 6.07) is 0. The highest BCUT2D eigenvalue weighted by molar-refractivity contribution is 7.85. The maximum absolute atomic E-state index is 11.6. The highest BCUT2D eigenvalue weighted by atomic mass is 32.2. The van der Waals surface area contributed by atoms with Crippen LogP contribution in [-0.2, 0) is 15.5 Å². The third-order valence-corrected chi connectivity index (χ3v) is 5.06. The van der Waals surface area contributed by atoms with Crippen LogP contribution in [0.1, 0.15) is 39.0 Å². The first-order valence-electron chi connectivity index (χ1n) is 5.80. The molecule has 1 rings (SSSR count). The first kappa shape index (κ1) is 12.8. The third kappa shape index (κ3) is 3.98. The van der Waals surface area contributed by atoms with Crippen LogP contribution in [0, 0.1) is 5.41 Å². The molecule has 2 atom stereocenters. The SMILES string of the molecule is C=COCCCC1(CC)CCCS(=O)C1.